The Morgan fingerprint density at radius 2 is 1.78 bits per heavy atom. The lowest BCUT2D eigenvalue weighted by Gasteiger charge is -2.21. The van der Waals surface area contributed by atoms with Crippen molar-refractivity contribution < 1.29 is 17.9 Å². The standard InChI is InChI=1S/C29H31N7O4S/c1-19-16-25(36(33-19)23-14-15-26(40-5)21(17-23)18-31-35-30)28(37)32-22-12-10-20(11-13-22)24-8-6-7-9-27(24)41(38,39)34-29(2,3)4/h6-17,34H,18H2,1-5H3,(H,32,37). The van der Waals surface area contributed by atoms with Crippen LogP contribution in [0.25, 0.3) is 27.3 Å². The predicted molar refractivity (Wildman–Crippen MR) is 158 cm³/mol. The number of rotatable bonds is 9. The molecule has 11 nitrogen and oxygen atoms in total. The summed E-state index contributed by atoms with van der Waals surface area (Å²) in [5.41, 5.74) is 12.0. The number of hydrogen-bond donors (Lipinski definition) is 2. The highest BCUT2D eigenvalue weighted by molar-refractivity contribution is 7.89. The van der Waals surface area contributed by atoms with E-state index in [-0.39, 0.29) is 17.3 Å². The van der Waals surface area contributed by atoms with Crippen LogP contribution in [0, 0.1) is 6.92 Å². The van der Waals surface area contributed by atoms with Crippen LogP contribution in [0.3, 0.4) is 0 Å². The summed E-state index contributed by atoms with van der Waals surface area (Å²) in [7, 11) is -2.24. The number of nitrogens with zero attached hydrogens (tertiary/aromatic N) is 5. The molecule has 0 aliphatic heterocycles. The molecule has 0 aliphatic rings. The zero-order valence-corrected chi connectivity index (χ0v) is 24.2. The fourth-order valence-electron chi connectivity index (χ4n) is 4.31. The molecule has 0 spiro atoms. The van der Waals surface area contributed by atoms with E-state index in [4.69, 9.17) is 10.3 Å². The highest BCUT2D eigenvalue weighted by Crippen LogP contribution is 2.29. The summed E-state index contributed by atoms with van der Waals surface area (Å²) in [6, 6.07) is 20.6. The minimum Gasteiger partial charge on any atom is -0.496 e. The monoisotopic (exact) mass is 573 g/mol. The molecule has 212 valence electrons. The maximum atomic E-state index is 13.3. The molecule has 0 saturated heterocycles. The Hall–Kier alpha value is -4.64. The molecule has 0 bridgehead atoms. The maximum absolute atomic E-state index is 13.3. The number of methoxy groups -OCH3 is 1. The van der Waals surface area contributed by atoms with Gasteiger partial charge in [0, 0.05) is 27.3 Å². The lowest BCUT2D eigenvalue weighted by molar-refractivity contribution is 0.101. The van der Waals surface area contributed by atoms with E-state index < -0.39 is 15.6 Å². The molecular weight excluding hydrogens is 542 g/mol. The molecule has 4 rings (SSSR count). The number of hydrogen-bond acceptors (Lipinski definition) is 6. The summed E-state index contributed by atoms with van der Waals surface area (Å²) in [5.74, 6) is 0.169. The molecule has 0 saturated carbocycles. The summed E-state index contributed by atoms with van der Waals surface area (Å²) in [6.07, 6.45) is 0. The quantitative estimate of drug-likeness (QED) is 0.143. The summed E-state index contributed by atoms with van der Waals surface area (Å²) < 4.78 is 35.7. The number of ether oxygens (including phenoxy) is 1. The number of carbonyl (C=O) groups excluding carboxylic acids is 1. The zero-order valence-electron chi connectivity index (χ0n) is 23.4. The third kappa shape index (κ3) is 6.93. The average molecular weight is 574 g/mol. The fraction of sp³-hybridized carbons (Fsp3) is 0.241. The first-order chi connectivity index (χ1) is 19.4. The van der Waals surface area contributed by atoms with Crippen LogP contribution in [0.15, 0.2) is 82.8 Å². The molecule has 1 heterocycles. The molecule has 1 amide bonds. The van der Waals surface area contributed by atoms with E-state index in [0.29, 0.717) is 45.2 Å². The van der Waals surface area contributed by atoms with Crippen molar-refractivity contribution in [3.05, 3.63) is 100 Å². The summed E-state index contributed by atoms with van der Waals surface area (Å²) in [5, 5.41) is 11.0. The molecule has 0 unspecified atom stereocenters. The largest absolute Gasteiger partial charge is 0.496 e. The topological polar surface area (TPSA) is 151 Å². The van der Waals surface area contributed by atoms with Crippen molar-refractivity contribution in [2.45, 2.75) is 44.7 Å². The van der Waals surface area contributed by atoms with Crippen LogP contribution in [0.2, 0.25) is 0 Å². The van der Waals surface area contributed by atoms with Gasteiger partial charge in [0.15, 0.2) is 0 Å². The van der Waals surface area contributed by atoms with E-state index in [1.165, 1.54) is 11.8 Å². The summed E-state index contributed by atoms with van der Waals surface area (Å²) in [4.78, 5) is 16.3. The van der Waals surface area contributed by atoms with Crippen molar-refractivity contribution in [1.82, 2.24) is 14.5 Å². The summed E-state index contributed by atoms with van der Waals surface area (Å²) >= 11 is 0. The van der Waals surface area contributed by atoms with Gasteiger partial charge >= 0.3 is 0 Å². The Morgan fingerprint density at radius 3 is 2.44 bits per heavy atom. The molecule has 0 radical (unpaired) electrons. The number of benzene rings is 3. The SMILES string of the molecule is COc1ccc(-n2nc(C)cc2C(=O)Nc2ccc(-c3ccccc3S(=O)(=O)NC(C)(C)C)cc2)cc1CN=[N+]=[N-]. The van der Waals surface area contributed by atoms with Crippen LogP contribution in [0.1, 0.15) is 42.5 Å². The highest BCUT2D eigenvalue weighted by atomic mass is 32.2. The van der Waals surface area contributed by atoms with Gasteiger partial charge in [0.2, 0.25) is 10.0 Å². The van der Waals surface area contributed by atoms with Gasteiger partial charge in [-0.1, -0.05) is 35.4 Å². The lowest BCUT2D eigenvalue weighted by Crippen LogP contribution is -2.40. The van der Waals surface area contributed by atoms with Gasteiger partial charge in [-0.25, -0.2) is 17.8 Å². The van der Waals surface area contributed by atoms with Crippen molar-refractivity contribution >= 4 is 21.6 Å². The molecule has 3 aromatic carbocycles. The van der Waals surface area contributed by atoms with Gasteiger partial charge in [-0.3, -0.25) is 4.79 Å². The predicted octanol–water partition coefficient (Wildman–Crippen LogP) is 6.00. The minimum absolute atomic E-state index is 0.0817. The lowest BCUT2D eigenvalue weighted by atomic mass is 10.1. The second-order valence-corrected chi connectivity index (χ2v) is 12.0. The molecule has 0 aliphatic carbocycles. The molecule has 41 heavy (non-hydrogen) atoms. The number of aryl methyl sites for hydroxylation is 1. The number of carbonyl (C=O) groups is 1. The maximum Gasteiger partial charge on any atom is 0.274 e. The molecular formula is C29H31N7O4S. The van der Waals surface area contributed by atoms with E-state index >= 15 is 0 Å². The number of amides is 1. The Bertz CT molecular complexity index is 1730. The van der Waals surface area contributed by atoms with Gasteiger partial charge in [0.05, 0.1) is 29.9 Å². The average Bonchev–Trinajstić information content (AvgIpc) is 3.32. The smallest absolute Gasteiger partial charge is 0.274 e. The van der Waals surface area contributed by atoms with Crippen LogP contribution >= 0.6 is 0 Å². The van der Waals surface area contributed by atoms with Crippen LogP contribution < -0.4 is 14.8 Å². The third-order valence-electron chi connectivity index (χ3n) is 5.95. The number of aromatic nitrogens is 2. The first kappa shape index (κ1) is 29.3. The minimum atomic E-state index is -3.76. The number of anilines is 1. The van der Waals surface area contributed by atoms with Crippen LogP contribution in [-0.2, 0) is 16.6 Å². The van der Waals surface area contributed by atoms with E-state index in [1.54, 1.807) is 100 Å². The van der Waals surface area contributed by atoms with Gasteiger partial charge in [0.25, 0.3) is 5.91 Å². The normalized spacial score (nSPS) is 11.5. The molecule has 1 aromatic heterocycles. The van der Waals surface area contributed by atoms with Gasteiger partial charge in [-0.05, 0) is 81.3 Å². The van der Waals surface area contributed by atoms with Crippen LogP contribution in [0.4, 0.5) is 5.69 Å². The van der Waals surface area contributed by atoms with Crippen molar-refractivity contribution in [1.29, 1.82) is 0 Å². The Kier molecular flexibility index (Phi) is 8.48. The zero-order chi connectivity index (χ0) is 29.8. The van der Waals surface area contributed by atoms with E-state index in [1.807, 2.05) is 0 Å². The first-order valence-electron chi connectivity index (χ1n) is 12.7. The van der Waals surface area contributed by atoms with Gasteiger partial charge in [0.1, 0.15) is 11.4 Å². The molecule has 12 heteroatoms. The summed E-state index contributed by atoms with van der Waals surface area (Å²) in [6.45, 7) is 7.23. The van der Waals surface area contributed by atoms with Crippen molar-refractivity contribution in [3.8, 4) is 22.6 Å². The van der Waals surface area contributed by atoms with E-state index in [0.717, 1.165) is 0 Å². The van der Waals surface area contributed by atoms with Crippen molar-refractivity contribution in [2.75, 3.05) is 12.4 Å². The molecule has 0 atom stereocenters. The first-order valence-corrected chi connectivity index (χ1v) is 14.2. The number of sulfonamides is 1. The van der Waals surface area contributed by atoms with Crippen molar-refractivity contribution in [3.63, 3.8) is 0 Å². The Morgan fingerprint density at radius 1 is 1.07 bits per heavy atom. The highest BCUT2D eigenvalue weighted by Gasteiger charge is 2.25. The second-order valence-electron chi connectivity index (χ2n) is 10.4. The van der Waals surface area contributed by atoms with E-state index in [9.17, 15) is 13.2 Å². The Balaban J connectivity index is 1.60. The molecule has 0 fully saturated rings. The second kappa shape index (κ2) is 11.8. The Labute approximate surface area is 238 Å². The van der Waals surface area contributed by atoms with Crippen LogP contribution in [0.5, 0.6) is 5.75 Å². The van der Waals surface area contributed by atoms with E-state index in [2.05, 4.69) is 25.2 Å². The molecule has 4 aromatic rings. The number of azide groups is 1. The van der Waals surface area contributed by atoms with Gasteiger partial charge in [-0.15, -0.1) is 0 Å². The third-order valence-corrected chi connectivity index (χ3v) is 7.76. The van der Waals surface area contributed by atoms with Gasteiger partial charge in [-0.2, -0.15) is 5.10 Å². The molecule has 2 N–H and O–H groups in total. The van der Waals surface area contributed by atoms with Gasteiger partial charge < -0.3 is 10.1 Å². The number of nitrogens with one attached hydrogen (secondary N) is 2. The fourth-order valence-corrected chi connectivity index (χ4v) is 5.96. The van der Waals surface area contributed by atoms with Crippen LogP contribution in [-0.4, -0.2) is 36.8 Å². The van der Waals surface area contributed by atoms with Crippen molar-refractivity contribution in [2.24, 2.45) is 5.11 Å².